The van der Waals surface area contributed by atoms with Crippen LogP contribution in [-0.4, -0.2) is 51.2 Å². The average molecular weight is 424 g/mol. The maximum atomic E-state index is 12.9. The third kappa shape index (κ3) is 5.14. The number of amides is 2. The van der Waals surface area contributed by atoms with E-state index in [0.29, 0.717) is 0 Å². The van der Waals surface area contributed by atoms with Crippen molar-refractivity contribution in [2.75, 3.05) is 14.1 Å². The van der Waals surface area contributed by atoms with Gasteiger partial charge in [-0.3, -0.25) is 9.59 Å². The molecule has 11 heteroatoms. The van der Waals surface area contributed by atoms with Crippen molar-refractivity contribution in [2.24, 2.45) is 11.7 Å². The number of nitrogens with two attached hydrogens (primary N) is 1. The van der Waals surface area contributed by atoms with E-state index >= 15 is 0 Å². The quantitative estimate of drug-likeness (QED) is 0.722. The fraction of sp³-hybridized carbons (Fsp3) is 0.500. The maximum Gasteiger partial charge on any atom is 0.265 e. The molecule has 0 aliphatic heterocycles. The minimum absolute atomic E-state index is 0.0747. The largest absolute Gasteiger partial charge is 0.345 e. The van der Waals surface area contributed by atoms with Gasteiger partial charge in [-0.25, -0.2) is 21.9 Å². The van der Waals surface area contributed by atoms with Crippen LogP contribution in [0.5, 0.6) is 0 Å². The predicted octanol–water partition coefficient (Wildman–Crippen LogP) is 1.61. The molecule has 0 radical (unpaired) electrons. The van der Waals surface area contributed by atoms with Gasteiger partial charge in [-0.2, -0.15) is 0 Å². The zero-order chi connectivity index (χ0) is 20.6. The molecule has 0 aromatic heterocycles. The summed E-state index contributed by atoms with van der Waals surface area (Å²) in [6, 6.07) is 2.78. The first-order chi connectivity index (χ1) is 12.3. The summed E-state index contributed by atoms with van der Waals surface area (Å²) in [5, 5.41) is -0.173. The number of nitrogens with one attached hydrogen (secondary N) is 1. The normalized spacial score (nSPS) is 17.7. The fourth-order valence-electron chi connectivity index (χ4n) is 2.74. The van der Waals surface area contributed by atoms with Crippen LogP contribution in [0.4, 0.5) is 8.78 Å². The highest BCUT2D eigenvalue weighted by Gasteiger charge is 2.47. The highest BCUT2D eigenvalue weighted by molar-refractivity contribution is 7.90. The summed E-state index contributed by atoms with van der Waals surface area (Å²) < 4.78 is 52.5. The van der Waals surface area contributed by atoms with Crippen LogP contribution in [0.3, 0.4) is 0 Å². The number of hydrogen-bond acceptors (Lipinski definition) is 5. The zero-order valence-electron chi connectivity index (χ0n) is 14.7. The smallest absolute Gasteiger partial charge is 0.265 e. The van der Waals surface area contributed by atoms with Gasteiger partial charge in [0, 0.05) is 45.0 Å². The molecule has 1 saturated carbocycles. The molecule has 0 bridgehead atoms. The van der Waals surface area contributed by atoms with E-state index in [1.54, 1.807) is 0 Å². The number of benzene rings is 1. The first-order valence-electron chi connectivity index (χ1n) is 8.02. The van der Waals surface area contributed by atoms with Gasteiger partial charge >= 0.3 is 0 Å². The molecule has 7 nitrogen and oxygen atoms in total. The third-order valence-electron chi connectivity index (χ3n) is 4.27. The monoisotopic (exact) mass is 423 g/mol. The lowest BCUT2D eigenvalue weighted by atomic mass is 9.76. The Bertz CT molecular complexity index is 853. The summed E-state index contributed by atoms with van der Waals surface area (Å²) in [4.78, 5) is 24.8. The van der Waals surface area contributed by atoms with Crippen LogP contribution in [0.1, 0.15) is 29.6 Å². The molecule has 1 aliphatic rings. The van der Waals surface area contributed by atoms with Gasteiger partial charge in [0.2, 0.25) is 11.8 Å². The van der Waals surface area contributed by atoms with Crippen molar-refractivity contribution in [3.63, 3.8) is 0 Å². The zero-order valence-corrected chi connectivity index (χ0v) is 16.3. The Morgan fingerprint density at radius 3 is 2.48 bits per heavy atom. The molecule has 1 atom stereocenters. The standard InChI is InChI=1S/C16H20ClF2N3O4S/c1-22(2)15(24)9-3-4-11(17)13(5-9)27(25,26)21-14(23)6-12(20)10-7-16(18,19)8-10/h3-5,10,12H,6-8,20H2,1-2H3,(H,21,23). The summed E-state index contributed by atoms with van der Waals surface area (Å²) in [5.74, 6) is -4.70. The van der Waals surface area contributed by atoms with E-state index < -0.39 is 63.9 Å². The Kier molecular flexibility index (Phi) is 6.13. The van der Waals surface area contributed by atoms with Crippen LogP contribution < -0.4 is 10.5 Å². The summed E-state index contributed by atoms with van der Waals surface area (Å²) in [6.07, 6.45) is -1.27. The van der Waals surface area contributed by atoms with Gasteiger partial charge in [-0.15, -0.1) is 0 Å². The van der Waals surface area contributed by atoms with E-state index in [9.17, 15) is 26.8 Å². The predicted molar refractivity (Wildman–Crippen MR) is 95.1 cm³/mol. The molecule has 0 heterocycles. The number of halogens is 3. The van der Waals surface area contributed by atoms with Gasteiger partial charge in [-0.1, -0.05) is 11.6 Å². The van der Waals surface area contributed by atoms with Gasteiger partial charge < -0.3 is 10.6 Å². The van der Waals surface area contributed by atoms with Gasteiger partial charge in [0.25, 0.3) is 15.9 Å². The summed E-state index contributed by atoms with van der Waals surface area (Å²) >= 11 is 5.90. The number of nitrogens with zero attached hydrogens (tertiary/aromatic N) is 1. The number of hydrogen-bond donors (Lipinski definition) is 2. The fourth-order valence-corrected chi connectivity index (χ4v) is 4.26. The number of carbonyl (C=O) groups excluding carboxylic acids is 2. The van der Waals surface area contributed by atoms with Crippen LogP contribution in [-0.2, 0) is 14.8 Å². The van der Waals surface area contributed by atoms with E-state index in [-0.39, 0.29) is 10.6 Å². The third-order valence-corrected chi connectivity index (χ3v) is 6.13. The van der Waals surface area contributed by atoms with Gasteiger partial charge in [0.05, 0.1) is 5.02 Å². The molecule has 1 aliphatic carbocycles. The Balaban J connectivity index is 2.10. The number of sulfonamides is 1. The lowest BCUT2D eigenvalue weighted by molar-refractivity contribution is -0.128. The molecule has 0 spiro atoms. The van der Waals surface area contributed by atoms with E-state index in [0.717, 1.165) is 6.07 Å². The maximum absolute atomic E-state index is 12.9. The topological polar surface area (TPSA) is 110 Å². The average Bonchev–Trinajstić information content (AvgIpc) is 2.51. The molecule has 0 saturated heterocycles. The number of rotatable bonds is 6. The van der Waals surface area contributed by atoms with Crippen molar-refractivity contribution in [1.29, 1.82) is 0 Å². The van der Waals surface area contributed by atoms with E-state index in [2.05, 4.69) is 0 Å². The molecule has 2 amide bonds. The highest BCUT2D eigenvalue weighted by atomic mass is 35.5. The van der Waals surface area contributed by atoms with Crippen LogP contribution in [0.15, 0.2) is 23.1 Å². The number of carbonyl (C=O) groups is 2. The molecule has 1 fully saturated rings. The van der Waals surface area contributed by atoms with Crippen LogP contribution in [0.2, 0.25) is 5.02 Å². The first kappa shape index (κ1) is 21.5. The van der Waals surface area contributed by atoms with Crippen LogP contribution in [0, 0.1) is 5.92 Å². The van der Waals surface area contributed by atoms with Crippen LogP contribution >= 0.6 is 11.6 Å². The highest BCUT2D eigenvalue weighted by Crippen LogP contribution is 2.44. The van der Waals surface area contributed by atoms with Crippen molar-refractivity contribution in [2.45, 2.75) is 36.1 Å². The Morgan fingerprint density at radius 2 is 1.96 bits per heavy atom. The summed E-state index contributed by atoms with van der Waals surface area (Å²) in [6.45, 7) is 0. The van der Waals surface area contributed by atoms with Crippen LogP contribution in [0.25, 0.3) is 0 Å². The van der Waals surface area contributed by atoms with Gasteiger partial charge in [0.15, 0.2) is 0 Å². The lowest BCUT2D eigenvalue weighted by Crippen LogP contribution is -2.48. The van der Waals surface area contributed by atoms with Crippen molar-refractivity contribution in [3.05, 3.63) is 28.8 Å². The molecule has 150 valence electrons. The van der Waals surface area contributed by atoms with Crippen molar-refractivity contribution in [1.82, 2.24) is 9.62 Å². The Labute approximate surface area is 160 Å². The molecule has 3 N–H and O–H groups in total. The first-order valence-corrected chi connectivity index (χ1v) is 9.89. The molecule has 1 aromatic rings. The molecular formula is C16H20ClF2N3O4S. The molecular weight excluding hydrogens is 404 g/mol. The summed E-state index contributed by atoms with van der Waals surface area (Å²) in [5.41, 5.74) is 5.80. The van der Waals surface area contributed by atoms with Crippen molar-refractivity contribution in [3.8, 4) is 0 Å². The number of alkyl halides is 2. The second-order valence-electron chi connectivity index (χ2n) is 6.77. The van der Waals surface area contributed by atoms with Gasteiger partial charge in [0.1, 0.15) is 4.90 Å². The Hall–Kier alpha value is -1.78. The molecule has 27 heavy (non-hydrogen) atoms. The second kappa shape index (κ2) is 7.69. The second-order valence-corrected chi connectivity index (χ2v) is 8.82. The summed E-state index contributed by atoms with van der Waals surface area (Å²) in [7, 11) is -1.36. The Morgan fingerprint density at radius 1 is 1.37 bits per heavy atom. The van der Waals surface area contributed by atoms with Gasteiger partial charge in [-0.05, 0) is 24.1 Å². The SMILES string of the molecule is CN(C)C(=O)c1ccc(Cl)c(S(=O)(=O)NC(=O)CC(N)C2CC(F)(F)C2)c1. The molecule has 1 aromatic carbocycles. The van der Waals surface area contributed by atoms with Crippen molar-refractivity contribution < 1.29 is 26.8 Å². The van der Waals surface area contributed by atoms with E-state index in [1.807, 2.05) is 4.72 Å². The van der Waals surface area contributed by atoms with Crippen molar-refractivity contribution >= 4 is 33.4 Å². The molecule has 1 unspecified atom stereocenters. The van der Waals surface area contributed by atoms with E-state index in [1.165, 1.54) is 31.1 Å². The van der Waals surface area contributed by atoms with E-state index in [4.69, 9.17) is 17.3 Å². The minimum atomic E-state index is -4.36. The minimum Gasteiger partial charge on any atom is -0.345 e. The lowest BCUT2D eigenvalue weighted by Gasteiger charge is -2.38. The molecule has 2 rings (SSSR count).